The van der Waals surface area contributed by atoms with Gasteiger partial charge in [-0.15, -0.1) is 0 Å². The molecule has 1 aliphatic carbocycles. The molecule has 1 heterocycles. The van der Waals surface area contributed by atoms with Gasteiger partial charge in [-0.25, -0.2) is 13.1 Å². The van der Waals surface area contributed by atoms with Crippen molar-refractivity contribution in [3.8, 4) is 11.5 Å². The van der Waals surface area contributed by atoms with E-state index >= 15 is 0 Å². The highest BCUT2D eigenvalue weighted by molar-refractivity contribution is 7.89. The first-order valence-corrected chi connectivity index (χ1v) is 10.1. The summed E-state index contributed by atoms with van der Waals surface area (Å²) >= 11 is 0. The van der Waals surface area contributed by atoms with E-state index < -0.39 is 34.2 Å². The average molecular weight is 389 g/mol. The molecule has 0 saturated heterocycles. The maximum Gasteiger partial charge on any atom is 0.308 e. The molecule has 4 rings (SSSR count). The zero-order valence-corrected chi connectivity index (χ0v) is 15.3. The van der Waals surface area contributed by atoms with Crippen LogP contribution >= 0.6 is 0 Å². The van der Waals surface area contributed by atoms with Crippen molar-refractivity contribution in [2.45, 2.75) is 42.4 Å². The summed E-state index contributed by atoms with van der Waals surface area (Å²) in [4.78, 5) is 11.4. The molecular weight excluding hydrogens is 370 g/mol. The molecule has 2 N–H and O–H groups in total. The summed E-state index contributed by atoms with van der Waals surface area (Å²) in [5.74, 6) is -0.110. The first-order valence-electron chi connectivity index (χ1n) is 8.60. The third-order valence-corrected chi connectivity index (χ3v) is 6.39. The Balaban J connectivity index is 1.67. The first kappa shape index (κ1) is 18.0. The van der Waals surface area contributed by atoms with Gasteiger partial charge in [-0.05, 0) is 18.2 Å². The Kier molecular flexibility index (Phi) is 4.41. The largest absolute Gasteiger partial charge is 0.485 e. The Morgan fingerprint density at radius 3 is 2.63 bits per heavy atom. The molecule has 1 saturated carbocycles. The Hall–Kier alpha value is -2.42. The van der Waals surface area contributed by atoms with Gasteiger partial charge in [-0.1, -0.05) is 30.3 Å². The quantitative estimate of drug-likeness (QED) is 0.608. The van der Waals surface area contributed by atoms with Crippen LogP contribution in [0.2, 0.25) is 0 Å². The van der Waals surface area contributed by atoms with E-state index in [1.54, 1.807) is 36.4 Å². The molecular formula is C19H19NO6S. The molecule has 7 nitrogen and oxygen atoms in total. The fourth-order valence-corrected chi connectivity index (χ4v) is 5.14. The zero-order chi connectivity index (χ0) is 19.2. The van der Waals surface area contributed by atoms with E-state index in [2.05, 4.69) is 4.72 Å². The number of hydrogen-bond acceptors (Lipinski definition) is 6. The van der Waals surface area contributed by atoms with Crippen molar-refractivity contribution in [3.63, 3.8) is 0 Å². The van der Waals surface area contributed by atoms with Crippen molar-refractivity contribution < 1.29 is 27.8 Å². The van der Waals surface area contributed by atoms with Gasteiger partial charge in [-0.3, -0.25) is 4.79 Å². The molecule has 2 aliphatic rings. The minimum atomic E-state index is -3.80. The lowest BCUT2D eigenvalue weighted by molar-refractivity contribution is -0.132. The van der Waals surface area contributed by atoms with Gasteiger partial charge in [0.2, 0.25) is 10.0 Å². The van der Waals surface area contributed by atoms with Crippen LogP contribution in [0.15, 0.2) is 53.4 Å². The van der Waals surface area contributed by atoms with E-state index in [-0.39, 0.29) is 17.2 Å². The second-order valence-electron chi connectivity index (χ2n) is 6.71. The number of fused-ring (bicyclic) bond motifs is 3. The first-order chi connectivity index (χ1) is 12.9. The molecule has 0 spiro atoms. The predicted molar refractivity (Wildman–Crippen MR) is 96.1 cm³/mol. The number of carbonyl (C=O) groups is 1. The molecule has 8 heteroatoms. The second kappa shape index (κ2) is 6.63. The summed E-state index contributed by atoms with van der Waals surface area (Å²) in [7, 11) is -3.80. The maximum atomic E-state index is 12.7. The number of rotatable bonds is 4. The summed E-state index contributed by atoms with van der Waals surface area (Å²) in [5, 5.41) is 10.5. The Bertz CT molecular complexity index is 975. The van der Waals surface area contributed by atoms with Crippen LogP contribution in [0.25, 0.3) is 0 Å². The summed E-state index contributed by atoms with van der Waals surface area (Å²) in [6.45, 7) is 1.30. The van der Waals surface area contributed by atoms with Crippen molar-refractivity contribution in [2.75, 3.05) is 0 Å². The Labute approximate surface area is 157 Å². The number of esters is 1. The highest BCUT2D eigenvalue weighted by atomic mass is 32.2. The number of benzene rings is 2. The summed E-state index contributed by atoms with van der Waals surface area (Å²) < 4.78 is 39.2. The van der Waals surface area contributed by atoms with Crippen LogP contribution in [-0.4, -0.2) is 37.7 Å². The fourth-order valence-electron chi connectivity index (χ4n) is 3.82. The normalized spacial score (nSPS) is 26.1. The van der Waals surface area contributed by atoms with E-state index in [4.69, 9.17) is 9.47 Å². The molecule has 27 heavy (non-hydrogen) atoms. The van der Waals surface area contributed by atoms with Crippen LogP contribution in [0.3, 0.4) is 0 Å². The molecule has 0 aromatic heterocycles. The minimum absolute atomic E-state index is 0.133. The number of hydrogen-bond donors (Lipinski definition) is 2. The summed E-state index contributed by atoms with van der Waals surface area (Å²) in [5.41, 5.74) is 0.719. The molecule has 4 unspecified atom stereocenters. The van der Waals surface area contributed by atoms with Gasteiger partial charge < -0.3 is 14.6 Å². The third-order valence-electron chi connectivity index (χ3n) is 4.91. The number of carbonyl (C=O) groups excluding carboxylic acids is 1. The number of aliphatic hydroxyl groups is 1. The third kappa shape index (κ3) is 3.20. The summed E-state index contributed by atoms with van der Waals surface area (Å²) in [6.07, 6.45) is -1.000. The van der Waals surface area contributed by atoms with E-state index in [9.17, 15) is 18.3 Å². The van der Waals surface area contributed by atoms with Crippen LogP contribution in [-0.2, 0) is 14.8 Å². The molecule has 0 amide bonds. The number of ether oxygens (including phenoxy) is 2. The van der Waals surface area contributed by atoms with Crippen LogP contribution in [0.4, 0.5) is 0 Å². The maximum absolute atomic E-state index is 12.7. The van der Waals surface area contributed by atoms with Crippen molar-refractivity contribution in [3.05, 3.63) is 54.1 Å². The fraction of sp³-hybridized carbons (Fsp3) is 0.316. The summed E-state index contributed by atoms with van der Waals surface area (Å²) in [6, 6.07) is 12.4. The molecule has 0 bridgehead atoms. The molecule has 4 atom stereocenters. The highest BCUT2D eigenvalue weighted by Crippen LogP contribution is 2.51. The van der Waals surface area contributed by atoms with Crippen molar-refractivity contribution in [2.24, 2.45) is 0 Å². The van der Waals surface area contributed by atoms with E-state index in [1.807, 2.05) is 0 Å². The van der Waals surface area contributed by atoms with E-state index in [0.717, 1.165) is 5.56 Å². The van der Waals surface area contributed by atoms with Gasteiger partial charge >= 0.3 is 5.97 Å². The van der Waals surface area contributed by atoms with Crippen molar-refractivity contribution in [1.82, 2.24) is 4.72 Å². The lowest BCUT2D eigenvalue weighted by Crippen LogP contribution is -2.43. The van der Waals surface area contributed by atoms with Gasteiger partial charge in [0, 0.05) is 24.8 Å². The molecule has 1 aliphatic heterocycles. The predicted octanol–water partition coefficient (Wildman–Crippen LogP) is 1.57. The Morgan fingerprint density at radius 2 is 1.93 bits per heavy atom. The standard InChI is InChI=1S/C19H19NO6S/c1-11(21)25-15-9-5-8-13-17-16(26-19(13)15)10-14(22)18(17)20-27(23,24)12-6-3-2-4-7-12/h2-9,14,16-18,20,22H,10H2,1H3. The zero-order valence-electron chi connectivity index (χ0n) is 14.5. The molecule has 2 aromatic carbocycles. The minimum Gasteiger partial charge on any atom is -0.485 e. The van der Waals surface area contributed by atoms with E-state index in [1.165, 1.54) is 19.1 Å². The van der Waals surface area contributed by atoms with E-state index in [0.29, 0.717) is 11.5 Å². The number of aliphatic hydroxyl groups excluding tert-OH is 1. The van der Waals surface area contributed by atoms with Gasteiger partial charge in [0.25, 0.3) is 0 Å². The van der Waals surface area contributed by atoms with Crippen LogP contribution in [0, 0.1) is 0 Å². The lowest BCUT2D eigenvalue weighted by atomic mass is 9.94. The van der Waals surface area contributed by atoms with Crippen LogP contribution in [0.1, 0.15) is 24.8 Å². The molecule has 2 aromatic rings. The average Bonchev–Trinajstić information content (AvgIpc) is 3.12. The van der Waals surface area contributed by atoms with Crippen LogP contribution in [0.5, 0.6) is 11.5 Å². The lowest BCUT2D eigenvalue weighted by Gasteiger charge is -2.22. The van der Waals surface area contributed by atoms with Crippen molar-refractivity contribution in [1.29, 1.82) is 0 Å². The van der Waals surface area contributed by atoms with Gasteiger partial charge in [0.05, 0.1) is 17.0 Å². The van der Waals surface area contributed by atoms with Gasteiger partial charge in [-0.2, -0.15) is 0 Å². The number of nitrogens with one attached hydrogen (secondary N) is 1. The number of sulfonamides is 1. The smallest absolute Gasteiger partial charge is 0.308 e. The number of para-hydroxylation sites is 1. The highest BCUT2D eigenvalue weighted by Gasteiger charge is 2.51. The SMILES string of the molecule is CC(=O)Oc1cccc2c1OC1CC(O)C(NS(=O)(=O)c3ccccc3)C21. The molecule has 1 fully saturated rings. The Morgan fingerprint density at radius 1 is 1.19 bits per heavy atom. The molecule has 142 valence electrons. The van der Waals surface area contributed by atoms with Gasteiger partial charge in [0.15, 0.2) is 11.5 Å². The topological polar surface area (TPSA) is 102 Å². The second-order valence-corrected chi connectivity index (χ2v) is 8.43. The van der Waals surface area contributed by atoms with Crippen LogP contribution < -0.4 is 14.2 Å². The van der Waals surface area contributed by atoms with Gasteiger partial charge in [0.1, 0.15) is 6.10 Å². The van der Waals surface area contributed by atoms with Crippen molar-refractivity contribution >= 4 is 16.0 Å². The monoisotopic (exact) mass is 389 g/mol. The molecule has 0 radical (unpaired) electrons.